The summed E-state index contributed by atoms with van der Waals surface area (Å²) in [5.41, 5.74) is 0. The van der Waals surface area contributed by atoms with Crippen molar-refractivity contribution in [3.8, 4) is 0 Å². The largest absolute Gasteiger partial charge is 0.481 e. The van der Waals surface area contributed by atoms with Gasteiger partial charge in [0, 0.05) is 0 Å². The highest BCUT2D eigenvalue weighted by atomic mass is 16.5. The number of aliphatic carboxylic acids is 1. The van der Waals surface area contributed by atoms with Crippen molar-refractivity contribution < 1.29 is 18.8 Å². The molecule has 0 aliphatic rings. The first kappa shape index (κ1) is 9.45. The predicted molar refractivity (Wildman–Crippen MR) is 47.2 cm³/mol. The van der Waals surface area contributed by atoms with Gasteiger partial charge in [-0.15, -0.1) is 0 Å². The number of hydrogen-bond donors (Lipinski definition) is 1. The molecule has 0 aliphatic carbocycles. The molecule has 78 valence electrons. The lowest BCUT2D eigenvalue weighted by Crippen LogP contribution is -2.00. The van der Waals surface area contributed by atoms with Crippen LogP contribution in [0.2, 0.25) is 0 Å². The fourth-order valence-electron chi connectivity index (χ4n) is 1.13. The van der Waals surface area contributed by atoms with Gasteiger partial charge in [0.15, 0.2) is 5.82 Å². The topological polar surface area (TPSA) is 89.4 Å². The van der Waals surface area contributed by atoms with Crippen LogP contribution < -0.4 is 0 Å². The molecule has 0 radical (unpaired) electrons. The Kier molecular flexibility index (Phi) is 2.49. The van der Waals surface area contributed by atoms with Gasteiger partial charge in [0.25, 0.3) is 0 Å². The first-order chi connectivity index (χ1) is 7.24. The minimum absolute atomic E-state index is 0.101. The van der Waals surface area contributed by atoms with E-state index in [0.717, 1.165) is 0 Å². The van der Waals surface area contributed by atoms with E-state index >= 15 is 0 Å². The molecule has 0 saturated carbocycles. The maximum absolute atomic E-state index is 10.3. The molecule has 6 nitrogen and oxygen atoms in total. The van der Waals surface area contributed by atoms with E-state index in [4.69, 9.17) is 14.0 Å². The molecule has 6 heteroatoms. The predicted octanol–water partition coefficient (Wildman–Crippen LogP) is 0.881. The highest BCUT2D eigenvalue weighted by Crippen LogP contribution is 2.07. The molecule has 0 atom stereocenters. The van der Waals surface area contributed by atoms with Gasteiger partial charge < -0.3 is 14.0 Å². The molecule has 15 heavy (non-hydrogen) atoms. The Morgan fingerprint density at radius 3 is 3.07 bits per heavy atom. The van der Waals surface area contributed by atoms with E-state index in [-0.39, 0.29) is 12.3 Å². The van der Waals surface area contributed by atoms with Crippen LogP contribution in [-0.4, -0.2) is 21.2 Å². The van der Waals surface area contributed by atoms with Crippen molar-refractivity contribution >= 4 is 5.97 Å². The molecule has 2 heterocycles. The van der Waals surface area contributed by atoms with Crippen LogP contribution in [0.1, 0.15) is 17.5 Å². The van der Waals surface area contributed by atoms with E-state index in [1.807, 2.05) is 0 Å². The lowest BCUT2D eigenvalue weighted by Gasteiger charge is -1.87. The number of hydrogen-bond acceptors (Lipinski definition) is 5. The van der Waals surface area contributed by atoms with Crippen molar-refractivity contribution in [2.24, 2.45) is 0 Å². The summed E-state index contributed by atoms with van der Waals surface area (Å²) in [4.78, 5) is 14.3. The lowest BCUT2D eigenvalue weighted by atomic mass is 10.3. The van der Waals surface area contributed by atoms with E-state index in [2.05, 4.69) is 10.1 Å². The summed E-state index contributed by atoms with van der Waals surface area (Å²) in [5.74, 6) is 0.228. The average Bonchev–Trinajstić information content (AvgIpc) is 2.77. The third-order valence-corrected chi connectivity index (χ3v) is 1.73. The molecule has 0 unspecified atom stereocenters. The molecule has 0 aromatic carbocycles. The first-order valence-electron chi connectivity index (χ1n) is 4.29. The van der Waals surface area contributed by atoms with Crippen molar-refractivity contribution in [1.29, 1.82) is 0 Å². The van der Waals surface area contributed by atoms with E-state index in [9.17, 15) is 4.79 Å². The van der Waals surface area contributed by atoms with Gasteiger partial charge in [-0.25, -0.2) is 0 Å². The smallest absolute Gasteiger partial charge is 0.312 e. The van der Waals surface area contributed by atoms with Gasteiger partial charge in [-0.1, -0.05) is 5.16 Å². The Morgan fingerprint density at radius 2 is 2.40 bits per heavy atom. The monoisotopic (exact) mass is 208 g/mol. The van der Waals surface area contributed by atoms with Crippen LogP contribution in [0.4, 0.5) is 0 Å². The Balaban J connectivity index is 2.04. The molecule has 0 saturated heterocycles. The zero-order valence-electron chi connectivity index (χ0n) is 7.71. The van der Waals surface area contributed by atoms with Crippen molar-refractivity contribution in [1.82, 2.24) is 10.1 Å². The van der Waals surface area contributed by atoms with Crippen LogP contribution in [0.25, 0.3) is 0 Å². The highest BCUT2D eigenvalue weighted by Gasteiger charge is 2.11. The molecule has 0 bridgehead atoms. The van der Waals surface area contributed by atoms with Crippen LogP contribution in [0.5, 0.6) is 0 Å². The van der Waals surface area contributed by atoms with Crippen molar-refractivity contribution in [2.45, 2.75) is 12.8 Å². The van der Waals surface area contributed by atoms with Gasteiger partial charge in [0.1, 0.15) is 12.2 Å². The van der Waals surface area contributed by atoms with E-state index in [1.54, 1.807) is 18.4 Å². The number of rotatable bonds is 4. The van der Waals surface area contributed by atoms with Gasteiger partial charge in [0.2, 0.25) is 5.89 Å². The van der Waals surface area contributed by atoms with Gasteiger partial charge in [-0.3, -0.25) is 4.79 Å². The summed E-state index contributed by atoms with van der Waals surface area (Å²) in [7, 11) is 0. The highest BCUT2D eigenvalue weighted by molar-refractivity contribution is 5.68. The van der Waals surface area contributed by atoms with Gasteiger partial charge in [0.05, 0.1) is 12.7 Å². The van der Waals surface area contributed by atoms with Crippen LogP contribution in [0.3, 0.4) is 0 Å². The summed E-state index contributed by atoms with van der Waals surface area (Å²) in [5, 5.41) is 12.1. The summed E-state index contributed by atoms with van der Waals surface area (Å²) < 4.78 is 9.83. The second-order valence-corrected chi connectivity index (χ2v) is 2.93. The summed E-state index contributed by atoms with van der Waals surface area (Å²) in [6, 6.07) is 3.54. The molecule has 0 fully saturated rings. The quantitative estimate of drug-likeness (QED) is 0.802. The third kappa shape index (κ3) is 2.43. The summed E-state index contributed by atoms with van der Waals surface area (Å²) >= 11 is 0. The zero-order valence-corrected chi connectivity index (χ0v) is 7.71. The molecule has 1 N–H and O–H groups in total. The zero-order chi connectivity index (χ0) is 10.7. The van der Waals surface area contributed by atoms with Crippen LogP contribution in [0, 0.1) is 0 Å². The van der Waals surface area contributed by atoms with Gasteiger partial charge in [-0.05, 0) is 12.1 Å². The van der Waals surface area contributed by atoms with Crippen molar-refractivity contribution in [2.75, 3.05) is 0 Å². The molecule has 0 spiro atoms. The second-order valence-electron chi connectivity index (χ2n) is 2.93. The maximum atomic E-state index is 10.3. The SMILES string of the molecule is O=C(O)Cc1nc(Cc2ccco2)no1. The average molecular weight is 208 g/mol. The lowest BCUT2D eigenvalue weighted by molar-refractivity contribution is -0.136. The van der Waals surface area contributed by atoms with Crippen LogP contribution in [-0.2, 0) is 17.6 Å². The van der Waals surface area contributed by atoms with Gasteiger partial charge >= 0.3 is 5.97 Å². The number of furan rings is 1. The van der Waals surface area contributed by atoms with Crippen LogP contribution in [0.15, 0.2) is 27.3 Å². The molecule has 2 aromatic rings. The Hall–Kier alpha value is -2.11. The Labute approximate surface area is 84.5 Å². The second kappa shape index (κ2) is 3.95. The molecule has 2 rings (SSSR count). The molecule has 2 aromatic heterocycles. The maximum Gasteiger partial charge on any atom is 0.312 e. The summed E-state index contributed by atoms with van der Waals surface area (Å²) in [6.07, 6.45) is 1.69. The Bertz CT molecular complexity index is 446. The van der Waals surface area contributed by atoms with E-state index in [1.165, 1.54) is 0 Å². The summed E-state index contributed by atoms with van der Waals surface area (Å²) in [6.45, 7) is 0. The third-order valence-electron chi connectivity index (χ3n) is 1.73. The minimum Gasteiger partial charge on any atom is -0.481 e. The molecule has 0 amide bonds. The van der Waals surface area contributed by atoms with Gasteiger partial charge in [-0.2, -0.15) is 4.98 Å². The number of carboxylic acids is 1. The normalized spacial score (nSPS) is 10.4. The number of nitrogens with zero attached hydrogens (tertiary/aromatic N) is 2. The molecular weight excluding hydrogens is 200 g/mol. The van der Waals surface area contributed by atoms with E-state index < -0.39 is 5.97 Å². The number of carboxylic acid groups (broad SMARTS) is 1. The molecule has 0 aliphatic heterocycles. The fraction of sp³-hybridized carbons (Fsp3) is 0.222. The first-order valence-corrected chi connectivity index (χ1v) is 4.29. The van der Waals surface area contributed by atoms with E-state index in [0.29, 0.717) is 18.0 Å². The fourth-order valence-corrected chi connectivity index (χ4v) is 1.13. The molecular formula is C9H8N2O4. The van der Waals surface area contributed by atoms with Crippen molar-refractivity contribution in [3.05, 3.63) is 35.9 Å². The van der Waals surface area contributed by atoms with Crippen molar-refractivity contribution in [3.63, 3.8) is 0 Å². The van der Waals surface area contributed by atoms with Crippen LogP contribution >= 0.6 is 0 Å². The minimum atomic E-state index is -0.997. The number of carbonyl (C=O) groups is 1. The Morgan fingerprint density at radius 1 is 1.53 bits per heavy atom. The standard InChI is InChI=1S/C9H8N2O4/c12-9(13)5-8-10-7(11-15-8)4-6-2-1-3-14-6/h1-3H,4-5H2,(H,12,13). The number of aromatic nitrogens is 2.